The fraction of sp³-hybridized carbons (Fsp3) is 0.250. The van der Waals surface area contributed by atoms with Crippen LogP contribution in [0.15, 0.2) is 18.3 Å². The number of pyridine rings is 1. The van der Waals surface area contributed by atoms with Crippen LogP contribution < -0.4 is 10.5 Å². The van der Waals surface area contributed by atoms with Crippen LogP contribution >= 0.6 is 0 Å². The van der Waals surface area contributed by atoms with E-state index in [2.05, 4.69) is 4.98 Å². The van der Waals surface area contributed by atoms with Gasteiger partial charge in [-0.1, -0.05) is 6.92 Å². The number of carbonyl (C=O) groups excluding carboxylic acids is 1. The van der Waals surface area contributed by atoms with E-state index in [-0.39, 0.29) is 11.8 Å². The lowest BCUT2D eigenvalue weighted by Crippen LogP contribution is -2.06. The van der Waals surface area contributed by atoms with Crippen LogP contribution in [0.2, 0.25) is 0 Å². The minimum absolute atomic E-state index is 0.252. The molecule has 0 aromatic carbocycles. The number of hydrogen-bond donors (Lipinski definition) is 1. The van der Waals surface area contributed by atoms with E-state index in [1.54, 1.807) is 13.0 Å². The first-order valence-electron chi connectivity index (χ1n) is 3.64. The maximum atomic E-state index is 10.8. The van der Waals surface area contributed by atoms with E-state index in [0.717, 1.165) is 0 Å². The summed E-state index contributed by atoms with van der Waals surface area (Å²) in [5.41, 5.74) is 5.98. The van der Waals surface area contributed by atoms with E-state index in [0.29, 0.717) is 12.1 Å². The third-order valence-corrected chi connectivity index (χ3v) is 1.27. The summed E-state index contributed by atoms with van der Waals surface area (Å²) >= 11 is 0. The zero-order valence-corrected chi connectivity index (χ0v) is 6.78. The summed E-state index contributed by atoms with van der Waals surface area (Å²) in [7, 11) is 0. The van der Waals surface area contributed by atoms with Gasteiger partial charge >= 0.3 is 5.97 Å². The average Bonchev–Trinajstić information content (AvgIpc) is 2.04. The number of nitrogens with two attached hydrogens (primary N) is 1. The van der Waals surface area contributed by atoms with Crippen LogP contribution in [-0.4, -0.2) is 11.0 Å². The Morgan fingerprint density at radius 1 is 1.75 bits per heavy atom. The summed E-state index contributed by atoms with van der Waals surface area (Å²) in [6.07, 6.45) is 1.82. The maximum absolute atomic E-state index is 10.8. The van der Waals surface area contributed by atoms with Crippen molar-refractivity contribution >= 4 is 11.7 Å². The highest BCUT2D eigenvalue weighted by atomic mass is 16.5. The first-order valence-corrected chi connectivity index (χ1v) is 3.64. The largest absolute Gasteiger partial charge is 0.407 e. The van der Waals surface area contributed by atoms with E-state index in [9.17, 15) is 4.79 Å². The van der Waals surface area contributed by atoms with Gasteiger partial charge in [0.2, 0.25) is 5.88 Å². The van der Waals surface area contributed by atoms with Crippen LogP contribution in [0.25, 0.3) is 0 Å². The highest BCUT2D eigenvalue weighted by molar-refractivity contribution is 5.71. The number of anilines is 1. The highest BCUT2D eigenvalue weighted by Crippen LogP contribution is 2.10. The lowest BCUT2D eigenvalue weighted by molar-refractivity contribution is -0.134. The summed E-state index contributed by atoms with van der Waals surface area (Å²) in [5.74, 6) is -0.0602. The quantitative estimate of drug-likeness (QED) is 0.665. The molecule has 0 aliphatic heterocycles. The molecule has 0 atom stereocenters. The third kappa shape index (κ3) is 2.23. The lowest BCUT2D eigenvalue weighted by Gasteiger charge is -2.00. The Labute approximate surface area is 70.4 Å². The first-order chi connectivity index (χ1) is 5.72. The number of hydrogen-bond acceptors (Lipinski definition) is 4. The van der Waals surface area contributed by atoms with Gasteiger partial charge in [-0.15, -0.1) is 0 Å². The van der Waals surface area contributed by atoms with E-state index in [1.165, 1.54) is 12.3 Å². The van der Waals surface area contributed by atoms with Gasteiger partial charge in [-0.05, 0) is 6.07 Å². The molecule has 4 heteroatoms. The predicted molar refractivity (Wildman–Crippen MR) is 44.6 cm³/mol. The van der Waals surface area contributed by atoms with Crippen molar-refractivity contribution in [1.29, 1.82) is 0 Å². The van der Waals surface area contributed by atoms with E-state index in [4.69, 9.17) is 10.5 Å². The maximum Gasteiger partial charge on any atom is 0.312 e. The summed E-state index contributed by atoms with van der Waals surface area (Å²) in [5, 5.41) is 0. The molecule has 0 saturated carbocycles. The summed E-state index contributed by atoms with van der Waals surface area (Å²) < 4.78 is 4.81. The number of rotatable bonds is 2. The van der Waals surface area contributed by atoms with Crippen molar-refractivity contribution in [2.45, 2.75) is 13.3 Å². The van der Waals surface area contributed by atoms with Gasteiger partial charge in [0.1, 0.15) is 0 Å². The number of aromatic nitrogens is 1. The van der Waals surface area contributed by atoms with Gasteiger partial charge in [-0.25, -0.2) is 4.98 Å². The lowest BCUT2D eigenvalue weighted by atomic mass is 10.4. The third-order valence-electron chi connectivity index (χ3n) is 1.27. The molecule has 1 heterocycles. The van der Waals surface area contributed by atoms with E-state index in [1.807, 2.05) is 0 Å². The molecule has 0 aliphatic rings. The molecule has 0 radical (unpaired) electrons. The second kappa shape index (κ2) is 3.71. The SMILES string of the molecule is CCC(=O)Oc1cc(N)ccn1. The fourth-order valence-corrected chi connectivity index (χ4v) is 0.669. The number of ether oxygens (including phenoxy) is 1. The van der Waals surface area contributed by atoms with Crippen molar-refractivity contribution < 1.29 is 9.53 Å². The van der Waals surface area contributed by atoms with Crippen LogP contribution in [0.1, 0.15) is 13.3 Å². The Morgan fingerprint density at radius 3 is 3.08 bits per heavy atom. The molecule has 2 N–H and O–H groups in total. The summed E-state index contributed by atoms with van der Waals surface area (Å²) in [6, 6.07) is 3.14. The van der Waals surface area contributed by atoms with Crippen molar-refractivity contribution in [2.24, 2.45) is 0 Å². The fourth-order valence-electron chi connectivity index (χ4n) is 0.669. The molecule has 0 amide bonds. The zero-order valence-electron chi connectivity index (χ0n) is 6.78. The number of nitrogens with zero attached hydrogens (tertiary/aromatic N) is 1. The molecule has 1 aromatic rings. The molecule has 1 aromatic heterocycles. The van der Waals surface area contributed by atoms with Gasteiger partial charge in [0, 0.05) is 24.4 Å². The molecular formula is C8H10N2O2. The Bertz CT molecular complexity index is 286. The molecular weight excluding hydrogens is 156 g/mol. The van der Waals surface area contributed by atoms with Crippen molar-refractivity contribution in [1.82, 2.24) is 4.98 Å². The number of esters is 1. The second-order valence-corrected chi connectivity index (χ2v) is 2.26. The molecule has 0 unspecified atom stereocenters. The molecule has 64 valence electrons. The standard InChI is InChI=1S/C8H10N2O2/c1-2-8(11)12-7-5-6(9)3-4-10-7/h3-5H,2H2,1H3,(H2,9,10). The second-order valence-electron chi connectivity index (χ2n) is 2.26. The molecule has 12 heavy (non-hydrogen) atoms. The molecule has 4 nitrogen and oxygen atoms in total. The average molecular weight is 166 g/mol. The monoisotopic (exact) mass is 166 g/mol. The van der Waals surface area contributed by atoms with Gasteiger partial charge in [0.05, 0.1) is 0 Å². The van der Waals surface area contributed by atoms with Gasteiger partial charge in [-0.3, -0.25) is 4.79 Å². The normalized spacial score (nSPS) is 9.42. The Morgan fingerprint density at radius 2 is 2.50 bits per heavy atom. The predicted octanol–water partition coefficient (Wildman–Crippen LogP) is 0.979. The van der Waals surface area contributed by atoms with Crippen LogP contribution in [0, 0.1) is 0 Å². The molecule has 0 fully saturated rings. The van der Waals surface area contributed by atoms with Gasteiger partial charge in [0.25, 0.3) is 0 Å². The molecule has 0 aliphatic carbocycles. The number of nitrogen functional groups attached to an aromatic ring is 1. The van der Waals surface area contributed by atoms with Crippen molar-refractivity contribution in [3.05, 3.63) is 18.3 Å². The van der Waals surface area contributed by atoms with Gasteiger partial charge < -0.3 is 10.5 Å². The van der Waals surface area contributed by atoms with E-state index >= 15 is 0 Å². The Hall–Kier alpha value is -1.58. The van der Waals surface area contributed by atoms with E-state index < -0.39 is 0 Å². The van der Waals surface area contributed by atoms with Gasteiger partial charge in [-0.2, -0.15) is 0 Å². The smallest absolute Gasteiger partial charge is 0.312 e. The van der Waals surface area contributed by atoms with Crippen LogP contribution in [0.4, 0.5) is 5.69 Å². The molecule has 0 saturated heterocycles. The van der Waals surface area contributed by atoms with Crippen molar-refractivity contribution in [3.8, 4) is 5.88 Å². The highest BCUT2D eigenvalue weighted by Gasteiger charge is 2.01. The Kier molecular flexibility index (Phi) is 2.63. The molecule has 1 rings (SSSR count). The molecule has 0 bridgehead atoms. The van der Waals surface area contributed by atoms with Crippen molar-refractivity contribution in [2.75, 3.05) is 5.73 Å². The summed E-state index contributed by atoms with van der Waals surface area (Å²) in [6.45, 7) is 1.72. The van der Waals surface area contributed by atoms with Crippen molar-refractivity contribution in [3.63, 3.8) is 0 Å². The zero-order chi connectivity index (χ0) is 8.97. The topological polar surface area (TPSA) is 65.2 Å². The Balaban J connectivity index is 2.69. The molecule has 0 spiro atoms. The van der Waals surface area contributed by atoms with Crippen LogP contribution in [0.5, 0.6) is 5.88 Å². The van der Waals surface area contributed by atoms with Crippen LogP contribution in [0.3, 0.4) is 0 Å². The number of carbonyl (C=O) groups is 1. The summed E-state index contributed by atoms with van der Waals surface area (Å²) in [4.78, 5) is 14.6. The first kappa shape index (κ1) is 8.52. The minimum atomic E-state index is -0.312. The van der Waals surface area contributed by atoms with Gasteiger partial charge in [0.15, 0.2) is 0 Å². The van der Waals surface area contributed by atoms with Crippen LogP contribution in [-0.2, 0) is 4.79 Å². The minimum Gasteiger partial charge on any atom is -0.407 e.